The van der Waals surface area contributed by atoms with Crippen LogP contribution in [0, 0.1) is 0 Å². The Labute approximate surface area is 94.2 Å². The zero-order valence-electron chi connectivity index (χ0n) is 8.84. The third-order valence-electron chi connectivity index (χ3n) is 3.10. The van der Waals surface area contributed by atoms with Crippen LogP contribution in [0.5, 0.6) is 5.75 Å². The molecule has 0 bridgehead atoms. The van der Waals surface area contributed by atoms with Crippen LogP contribution in [-0.4, -0.2) is 12.9 Å². The van der Waals surface area contributed by atoms with Gasteiger partial charge in [-0.25, -0.2) is 0 Å². The Morgan fingerprint density at radius 2 is 2.13 bits per heavy atom. The van der Waals surface area contributed by atoms with Gasteiger partial charge >= 0.3 is 0 Å². The van der Waals surface area contributed by atoms with Crippen molar-refractivity contribution in [3.05, 3.63) is 28.8 Å². The molecule has 0 spiro atoms. The number of carbonyl (C=O) groups excluding carboxylic acids is 1. The first kappa shape index (κ1) is 10.5. The van der Waals surface area contributed by atoms with Crippen LogP contribution in [0.2, 0.25) is 5.02 Å². The van der Waals surface area contributed by atoms with Crippen LogP contribution in [0.25, 0.3) is 0 Å². The summed E-state index contributed by atoms with van der Waals surface area (Å²) in [6, 6.07) is 5.49. The van der Waals surface area contributed by atoms with Crippen molar-refractivity contribution in [1.29, 1.82) is 0 Å². The van der Waals surface area contributed by atoms with Gasteiger partial charge in [0.05, 0.1) is 12.5 Å². The van der Waals surface area contributed by atoms with Crippen LogP contribution in [0.3, 0.4) is 0 Å². The molecule has 0 unspecified atom stereocenters. The molecule has 1 saturated carbocycles. The normalized spacial score (nSPS) is 17.3. The standard InChI is InChI=1S/C12H13ClO2/c1-8(14)12(6-7-12)11-9(13)4-3-5-10(11)15-2/h3-5H,6-7H2,1-2H3. The molecule has 0 aliphatic heterocycles. The van der Waals surface area contributed by atoms with Crippen molar-refractivity contribution in [2.45, 2.75) is 25.2 Å². The first-order valence-corrected chi connectivity index (χ1v) is 5.33. The van der Waals surface area contributed by atoms with E-state index in [0.717, 1.165) is 24.2 Å². The fourth-order valence-electron chi connectivity index (χ4n) is 2.04. The summed E-state index contributed by atoms with van der Waals surface area (Å²) in [5.41, 5.74) is 0.491. The second kappa shape index (κ2) is 3.53. The minimum absolute atomic E-state index is 0.175. The van der Waals surface area contributed by atoms with E-state index in [0.29, 0.717) is 5.02 Å². The molecule has 1 aliphatic rings. The van der Waals surface area contributed by atoms with E-state index in [1.807, 2.05) is 18.2 Å². The van der Waals surface area contributed by atoms with Gasteiger partial charge in [-0.3, -0.25) is 4.79 Å². The van der Waals surface area contributed by atoms with Crippen molar-refractivity contribution in [3.8, 4) is 5.75 Å². The second-order valence-electron chi connectivity index (χ2n) is 3.96. The first-order chi connectivity index (χ1) is 7.12. The fourth-order valence-corrected chi connectivity index (χ4v) is 2.39. The van der Waals surface area contributed by atoms with Crippen molar-refractivity contribution < 1.29 is 9.53 Å². The maximum Gasteiger partial charge on any atom is 0.140 e. The van der Waals surface area contributed by atoms with Gasteiger partial charge in [0.15, 0.2) is 0 Å². The van der Waals surface area contributed by atoms with Crippen molar-refractivity contribution in [1.82, 2.24) is 0 Å². The highest BCUT2D eigenvalue weighted by Crippen LogP contribution is 2.54. The number of rotatable bonds is 3. The molecule has 0 heterocycles. The number of ether oxygens (including phenoxy) is 1. The molecule has 0 amide bonds. The second-order valence-corrected chi connectivity index (χ2v) is 4.36. The van der Waals surface area contributed by atoms with Gasteiger partial charge in [0.25, 0.3) is 0 Å². The molecule has 1 aromatic rings. The topological polar surface area (TPSA) is 26.3 Å². The summed E-state index contributed by atoms with van der Waals surface area (Å²) in [5, 5.41) is 0.627. The monoisotopic (exact) mass is 224 g/mol. The Bertz CT molecular complexity index is 408. The van der Waals surface area contributed by atoms with E-state index < -0.39 is 0 Å². The highest BCUT2D eigenvalue weighted by molar-refractivity contribution is 6.32. The van der Waals surface area contributed by atoms with E-state index in [4.69, 9.17) is 16.3 Å². The molecule has 80 valence electrons. The van der Waals surface area contributed by atoms with Crippen LogP contribution >= 0.6 is 11.6 Å². The fraction of sp³-hybridized carbons (Fsp3) is 0.417. The number of Topliss-reactive ketones (excluding diaryl/α,β-unsaturated/α-hetero) is 1. The van der Waals surface area contributed by atoms with Crippen molar-refractivity contribution >= 4 is 17.4 Å². The summed E-state index contributed by atoms with van der Waals surface area (Å²) in [7, 11) is 1.60. The predicted octanol–water partition coefficient (Wildman–Crippen LogP) is 2.97. The van der Waals surface area contributed by atoms with Crippen molar-refractivity contribution in [2.24, 2.45) is 0 Å². The molecule has 0 N–H and O–H groups in total. The average molecular weight is 225 g/mol. The zero-order valence-corrected chi connectivity index (χ0v) is 9.60. The lowest BCUT2D eigenvalue weighted by Crippen LogP contribution is -2.18. The largest absolute Gasteiger partial charge is 0.496 e. The summed E-state index contributed by atoms with van der Waals surface area (Å²) in [4.78, 5) is 11.6. The minimum atomic E-state index is -0.371. The van der Waals surface area contributed by atoms with E-state index in [9.17, 15) is 4.79 Å². The Morgan fingerprint density at radius 3 is 2.60 bits per heavy atom. The smallest absolute Gasteiger partial charge is 0.140 e. The van der Waals surface area contributed by atoms with Gasteiger partial charge in [0.2, 0.25) is 0 Å². The van der Waals surface area contributed by atoms with E-state index in [1.165, 1.54) is 0 Å². The Kier molecular flexibility index (Phi) is 2.47. The molecule has 1 aliphatic carbocycles. The highest BCUT2D eigenvalue weighted by atomic mass is 35.5. The third-order valence-corrected chi connectivity index (χ3v) is 3.41. The van der Waals surface area contributed by atoms with Crippen LogP contribution in [0.1, 0.15) is 25.3 Å². The van der Waals surface area contributed by atoms with Gasteiger partial charge in [-0.05, 0) is 31.9 Å². The molecule has 3 heteroatoms. The molecule has 2 nitrogen and oxygen atoms in total. The number of halogens is 1. The lowest BCUT2D eigenvalue weighted by Gasteiger charge is -2.17. The molecule has 2 rings (SSSR count). The maximum absolute atomic E-state index is 11.6. The SMILES string of the molecule is COc1cccc(Cl)c1C1(C(C)=O)CC1. The van der Waals surface area contributed by atoms with E-state index in [2.05, 4.69) is 0 Å². The quantitative estimate of drug-likeness (QED) is 0.789. The van der Waals surface area contributed by atoms with Crippen molar-refractivity contribution in [2.75, 3.05) is 7.11 Å². The number of hydrogen-bond acceptors (Lipinski definition) is 2. The van der Waals surface area contributed by atoms with Gasteiger partial charge in [-0.2, -0.15) is 0 Å². The lowest BCUT2D eigenvalue weighted by molar-refractivity contribution is -0.119. The minimum Gasteiger partial charge on any atom is -0.496 e. The van der Waals surface area contributed by atoms with Gasteiger partial charge in [0.1, 0.15) is 11.5 Å². The summed E-state index contributed by atoms with van der Waals surface area (Å²) in [6.45, 7) is 1.62. The van der Waals surface area contributed by atoms with E-state index in [1.54, 1.807) is 14.0 Å². The van der Waals surface area contributed by atoms with Crippen molar-refractivity contribution in [3.63, 3.8) is 0 Å². The van der Waals surface area contributed by atoms with E-state index >= 15 is 0 Å². The number of hydrogen-bond donors (Lipinski definition) is 0. The molecular weight excluding hydrogens is 212 g/mol. The third kappa shape index (κ3) is 1.53. The average Bonchev–Trinajstić information content (AvgIpc) is 2.98. The maximum atomic E-state index is 11.6. The number of methoxy groups -OCH3 is 1. The van der Waals surface area contributed by atoms with Gasteiger partial charge in [-0.15, -0.1) is 0 Å². The zero-order chi connectivity index (χ0) is 11.1. The molecule has 0 aromatic heterocycles. The van der Waals surface area contributed by atoms with Gasteiger partial charge in [0, 0.05) is 10.6 Å². The van der Waals surface area contributed by atoms with Crippen LogP contribution < -0.4 is 4.74 Å². The predicted molar refractivity (Wildman–Crippen MR) is 59.6 cm³/mol. The summed E-state index contributed by atoms with van der Waals surface area (Å²) in [6.07, 6.45) is 1.75. The molecule has 1 aromatic carbocycles. The Hall–Kier alpha value is -1.02. The number of benzene rings is 1. The number of ketones is 1. The summed E-state index contributed by atoms with van der Waals surface area (Å²) in [5.74, 6) is 0.893. The first-order valence-electron chi connectivity index (χ1n) is 4.96. The molecule has 15 heavy (non-hydrogen) atoms. The van der Waals surface area contributed by atoms with Crippen LogP contribution in [0.15, 0.2) is 18.2 Å². The number of carbonyl (C=O) groups is 1. The summed E-state index contributed by atoms with van der Waals surface area (Å²) < 4.78 is 5.27. The van der Waals surface area contributed by atoms with Crippen LogP contribution in [-0.2, 0) is 10.2 Å². The van der Waals surface area contributed by atoms with Gasteiger partial charge in [-0.1, -0.05) is 17.7 Å². The highest BCUT2D eigenvalue weighted by Gasteiger charge is 2.51. The van der Waals surface area contributed by atoms with E-state index in [-0.39, 0.29) is 11.2 Å². The van der Waals surface area contributed by atoms with Gasteiger partial charge < -0.3 is 4.74 Å². The lowest BCUT2D eigenvalue weighted by atomic mass is 9.91. The Morgan fingerprint density at radius 1 is 1.47 bits per heavy atom. The Balaban J connectivity index is 2.56. The van der Waals surface area contributed by atoms with Crippen LogP contribution in [0.4, 0.5) is 0 Å². The molecule has 0 saturated heterocycles. The molecule has 1 fully saturated rings. The molecular formula is C12H13ClO2. The molecule has 0 atom stereocenters. The molecule has 0 radical (unpaired) electrons. The summed E-state index contributed by atoms with van der Waals surface area (Å²) >= 11 is 6.14.